The van der Waals surface area contributed by atoms with Gasteiger partial charge in [-0.2, -0.15) is 0 Å². The summed E-state index contributed by atoms with van der Waals surface area (Å²) in [6.07, 6.45) is 11.0. The summed E-state index contributed by atoms with van der Waals surface area (Å²) in [5.74, 6) is 1.00. The van der Waals surface area contributed by atoms with E-state index in [9.17, 15) is 0 Å². The molecule has 134 valence electrons. The topological polar surface area (TPSA) is 46.1 Å². The second kappa shape index (κ2) is 10.9. The molecule has 1 heterocycles. The first kappa shape index (κ1) is 18.5. The van der Waals surface area contributed by atoms with Gasteiger partial charge in [-0.25, -0.2) is 0 Å². The number of rotatable bonds is 6. The largest absolute Gasteiger partial charge is 0.378 e. The standard InChI is InChI=1S/C18H35N3O2/c1-3-22-17-10-13-21(14-11-17)18(19-2)20-12-15-23-16-8-6-4-5-7-9-16/h16-17H,3-15H2,1-2H3,(H,19,20). The van der Waals surface area contributed by atoms with Gasteiger partial charge in [0.15, 0.2) is 5.96 Å². The number of likely N-dealkylation sites (tertiary alicyclic amines) is 1. The fourth-order valence-corrected chi connectivity index (χ4v) is 3.60. The zero-order valence-corrected chi connectivity index (χ0v) is 15.1. The second-order valence-electron chi connectivity index (χ2n) is 6.60. The minimum absolute atomic E-state index is 0.424. The van der Waals surface area contributed by atoms with Crippen molar-refractivity contribution in [3.63, 3.8) is 0 Å². The van der Waals surface area contributed by atoms with Gasteiger partial charge in [0.05, 0.1) is 18.8 Å². The Labute approximate surface area is 141 Å². The molecule has 0 atom stereocenters. The van der Waals surface area contributed by atoms with E-state index in [0.29, 0.717) is 12.2 Å². The van der Waals surface area contributed by atoms with E-state index in [1.807, 2.05) is 7.05 Å². The van der Waals surface area contributed by atoms with Crippen LogP contribution in [0.5, 0.6) is 0 Å². The summed E-state index contributed by atoms with van der Waals surface area (Å²) in [6.45, 7) is 6.55. The number of nitrogens with one attached hydrogen (secondary N) is 1. The average Bonchev–Trinajstić information content (AvgIpc) is 2.85. The first-order valence-electron chi connectivity index (χ1n) is 9.52. The Bertz CT molecular complexity index is 333. The summed E-state index contributed by atoms with van der Waals surface area (Å²) in [4.78, 5) is 6.75. The highest BCUT2D eigenvalue weighted by molar-refractivity contribution is 5.79. The number of guanidine groups is 1. The third-order valence-electron chi connectivity index (χ3n) is 4.90. The molecule has 2 rings (SSSR count). The van der Waals surface area contributed by atoms with Crippen molar-refractivity contribution in [3.05, 3.63) is 0 Å². The zero-order chi connectivity index (χ0) is 16.3. The summed E-state index contributed by atoms with van der Waals surface area (Å²) in [7, 11) is 1.86. The van der Waals surface area contributed by atoms with Gasteiger partial charge in [-0.1, -0.05) is 25.7 Å². The van der Waals surface area contributed by atoms with E-state index >= 15 is 0 Å². The average molecular weight is 325 g/mol. The van der Waals surface area contributed by atoms with Crippen molar-refractivity contribution < 1.29 is 9.47 Å². The van der Waals surface area contributed by atoms with Gasteiger partial charge in [-0.3, -0.25) is 4.99 Å². The lowest BCUT2D eigenvalue weighted by Crippen LogP contribution is -2.47. The van der Waals surface area contributed by atoms with Crippen molar-refractivity contribution in [1.82, 2.24) is 10.2 Å². The van der Waals surface area contributed by atoms with Gasteiger partial charge in [0, 0.05) is 33.3 Å². The van der Waals surface area contributed by atoms with Gasteiger partial charge in [0.1, 0.15) is 0 Å². The minimum atomic E-state index is 0.424. The molecule has 23 heavy (non-hydrogen) atoms. The molecule has 1 aliphatic carbocycles. The fraction of sp³-hybridized carbons (Fsp3) is 0.944. The summed E-state index contributed by atoms with van der Waals surface area (Å²) in [5, 5.41) is 3.45. The first-order valence-corrected chi connectivity index (χ1v) is 9.52. The number of hydrogen-bond donors (Lipinski definition) is 1. The molecule has 2 aliphatic rings. The molecule has 0 aromatic rings. The molecule has 2 fully saturated rings. The first-order chi connectivity index (χ1) is 11.3. The predicted octanol–water partition coefficient (Wildman–Crippen LogP) is 2.80. The van der Waals surface area contributed by atoms with Crippen LogP contribution in [-0.4, -0.2) is 63.0 Å². The lowest BCUT2D eigenvalue weighted by molar-refractivity contribution is 0.0258. The van der Waals surface area contributed by atoms with Crippen LogP contribution in [0, 0.1) is 0 Å². The van der Waals surface area contributed by atoms with Crippen LogP contribution in [0.25, 0.3) is 0 Å². The van der Waals surface area contributed by atoms with Crippen molar-refractivity contribution >= 4 is 5.96 Å². The molecule has 0 aromatic heterocycles. The van der Waals surface area contributed by atoms with E-state index in [0.717, 1.165) is 51.6 Å². The third kappa shape index (κ3) is 6.68. The van der Waals surface area contributed by atoms with Crippen LogP contribution in [0.4, 0.5) is 0 Å². The molecule has 5 heteroatoms. The maximum atomic E-state index is 6.04. The molecule has 0 aromatic carbocycles. The van der Waals surface area contributed by atoms with Crippen LogP contribution < -0.4 is 5.32 Å². The maximum Gasteiger partial charge on any atom is 0.193 e. The van der Waals surface area contributed by atoms with E-state index in [1.165, 1.54) is 38.5 Å². The van der Waals surface area contributed by atoms with Gasteiger partial charge in [0.25, 0.3) is 0 Å². The van der Waals surface area contributed by atoms with E-state index < -0.39 is 0 Å². The second-order valence-corrected chi connectivity index (χ2v) is 6.60. The van der Waals surface area contributed by atoms with E-state index in [1.54, 1.807) is 0 Å². The van der Waals surface area contributed by atoms with Crippen molar-refractivity contribution in [1.29, 1.82) is 0 Å². The van der Waals surface area contributed by atoms with Crippen LogP contribution in [0.1, 0.15) is 58.3 Å². The highest BCUT2D eigenvalue weighted by atomic mass is 16.5. The molecule has 5 nitrogen and oxygen atoms in total. The number of nitrogens with zero attached hydrogens (tertiary/aromatic N) is 2. The molecule has 0 amide bonds. The quantitative estimate of drug-likeness (QED) is 0.353. The Morgan fingerprint density at radius 1 is 1.00 bits per heavy atom. The van der Waals surface area contributed by atoms with Crippen LogP contribution in [0.2, 0.25) is 0 Å². The Hall–Kier alpha value is -0.810. The number of hydrogen-bond acceptors (Lipinski definition) is 3. The molecule has 0 bridgehead atoms. The van der Waals surface area contributed by atoms with Crippen molar-refractivity contribution in [2.45, 2.75) is 70.5 Å². The Morgan fingerprint density at radius 2 is 1.65 bits per heavy atom. The maximum absolute atomic E-state index is 6.04. The van der Waals surface area contributed by atoms with Crippen molar-refractivity contribution in [3.8, 4) is 0 Å². The van der Waals surface area contributed by atoms with Gasteiger partial charge >= 0.3 is 0 Å². The molecule has 1 saturated carbocycles. The van der Waals surface area contributed by atoms with Gasteiger partial charge in [0.2, 0.25) is 0 Å². The number of aliphatic imine (C=N–C) groups is 1. The van der Waals surface area contributed by atoms with E-state index in [4.69, 9.17) is 9.47 Å². The van der Waals surface area contributed by atoms with Crippen LogP contribution in [-0.2, 0) is 9.47 Å². The predicted molar refractivity (Wildman–Crippen MR) is 95.0 cm³/mol. The number of ether oxygens (including phenoxy) is 2. The van der Waals surface area contributed by atoms with Crippen LogP contribution in [0.15, 0.2) is 4.99 Å². The van der Waals surface area contributed by atoms with Gasteiger partial charge in [-0.15, -0.1) is 0 Å². The molecule has 1 aliphatic heterocycles. The fourth-order valence-electron chi connectivity index (χ4n) is 3.60. The summed E-state index contributed by atoms with van der Waals surface area (Å²) >= 11 is 0. The summed E-state index contributed by atoms with van der Waals surface area (Å²) in [5.41, 5.74) is 0. The van der Waals surface area contributed by atoms with Crippen molar-refractivity contribution in [2.75, 3.05) is 39.9 Å². The van der Waals surface area contributed by atoms with Crippen LogP contribution >= 0.6 is 0 Å². The van der Waals surface area contributed by atoms with Gasteiger partial charge in [-0.05, 0) is 32.6 Å². The van der Waals surface area contributed by atoms with E-state index in [-0.39, 0.29) is 0 Å². The lowest BCUT2D eigenvalue weighted by Gasteiger charge is -2.34. The Kier molecular flexibility index (Phi) is 8.76. The minimum Gasteiger partial charge on any atom is -0.378 e. The smallest absolute Gasteiger partial charge is 0.193 e. The highest BCUT2D eigenvalue weighted by Gasteiger charge is 2.21. The monoisotopic (exact) mass is 325 g/mol. The normalized spacial score (nSPS) is 22.2. The molecular formula is C18H35N3O2. The molecule has 1 saturated heterocycles. The Balaban J connectivity index is 1.61. The van der Waals surface area contributed by atoms with Crippen LogP contribution in [0.3, 0.4) is 0 Å². The molecule has 0 spiro atoms. The SMILES string of the molecule is CCOC1CCN(C(=NC)NCCOC2CCCCCC2)CC1. The summed E-state index contributed by atoms with van der Waals surface area (Å²) < 4.78 is 11.8. The molecule has 0 radical (unpaired) electrons. The third-order valence-corrected chi connectivity index (χ3v) is 4.90. The Morgan fingerprint density at radius 3 is 2.26 bits per heavy atom. The molecule has 1 N–H and O–H groups in total. The molecule has 0 unspecified atom stereocenters. The van der Waals surface area contributed by atoms with Crippen molar-refractivity contribution in [2.24, 2.45) is 4.99 Å². The highest BCUT2D eigenvalue weighted by Crippen LogP contribution is 2.19. The zero-order valence-electron chi connectivity index (χ0n) is 15.1. The number of piperidine rings is 1. The summed E-state index contributed by atoms with van der Waals surface area (Å²) in [6, 6.07) is 0. The van der Waals surface area contributed by atoms with E-state index in [2.05, 4.69) is 22.1 Å². The molecular weight excluding hydrogens is 290 g/mol. The lowest BCUT2D eigenvalue weighted by atomic mass is 10.1. The van der Waals surface area contributed by atoms with Gasteiger partial charge < -0.3 is 19.7 Å².